The van der Waals surface area contributed by atoms with Crippen LogP contribution < -0.4 is 10.6 Å². The summed E-state index contributed by atoms with van der Waals surface area (Å²) in [6, 6.07) is 9.56. The van der Waals surface area contributed by atoms with Crippen LogP contribution in [-0.2, 0) is 30.8 Å². The fourth-order valence-electron chi connectivity index (χ4n) is 6.73. The summed E-state index contributed by atoms with van der Waals surface area (Å²) in [5.41, 5.74) is -0.464. The summed E-state index contributed by atoms with van der Waals surface area (Å²) < 4.78 is 29.9. The number of rotatable bonds is 5. The topological polar surface area (TPSA) is 98.7 Å². The molecule has 1 spiro atoms. The number of hydrogen-bond donors (Lipinski definition) is 3. The van der Waals surface area contributed by atoms with Crippen molar-refractivity contribution in [2.75, 3.05) is 18.4 Å². The molecule has 0 aromatic heterocycles. The minimum Gasteiger partial charge on any atom is -0.481 e. The Balaban J connectivity index is 1.53. The van der Waals surface area contributed by atoms with Crippen LogP contribution in [0.25, 0.3) is 0 Å². The van der Waals surface area contributed by atoms with Crippen LogP contribution in [0.3, 0.4) is 0 Å². The number of halogens is 4. The van der Waals surface area contributed by atoms with E-state index in [-0.39, 0.29) is 33.3 Å². The third-order valence-electron chi connectivity index (χ3n) is 8.82. The lowest BCUT2D eigenvalue weighted by atomic mass is 9.73. The van der Waals surface area contributed by atoms with Crippen molar-refractivity contribution in [1.29, 1.82) is 0 Å². The summed E-state index contributed by atoms with van der Waals surface area (Å²) in [5, 5.41) is 16.1. The molecule has 5 rings (SSSR count). The van der Waals surface area contributed by atoms with E-state index < -0.39 is 65.5 Å². The van der Waals surface area contributed by atoms with Gasteiger partial charge >= 0.3 is 5.97 Å². The molecule has 0 bridgehead atoms. The van der Waals surface area contributed by atoms with Crippen molar-refractivity contribution < 1.29 is 28.3 Å². The smallest absolute Gasteiger partial charge is 0.310 e. The first kappa shape index (κ1) is 29.7. The highest BCUT2D eigenvalue weighted by atomic mass is 35.5. The molecule has 41 heavy (non-hydrogen) atoms. The van der Waals surface area contributed by atoms with Gasteiger partial charge in [-0.05, 0) is 28.7 Å². The Morgan fingerprint density at radius 1 is 1.12 bits per heavy atom. The van der Waals surface area contributed by atoms with Gasteiger partial charge in [0.25, 0.3) is 11.8 Å². The van der Waals surface area contributed by atoms with Crippen molar-refractivity contribution in [2.24, 2.45) is 11.8 Å². The van der Waals surface area contributed by atoms with Gasteiger partial charge in [0.15, 0.2) is 0 Å². The van der Waals surface area contributed by atoms with Gasteiger partial charge in [-0.1, -0.05) is 82.1 Å². The van der Waals surface area contributed by atoms with Gasteiger partial charge in [0.05, 0.1) is 23.2 Å². The lowest BCUT2D eigenvalue weighted by Crippen LogP contribution is -2.54. The van der Waals surface area contributed by atoms with Crippen LogP contribution in [0.15, 0.2) is 36.4 Å². The molecule has 7 nitrogen and oxygen atoms in total. The lowest BCUT2D eigenvalue weighted by Gasteiger charge is -2.35. The summed E-state index contributed by atoms with van der Waals surface area (Å²) in [5.74, 6) is -9.30. The SMILES string of the molecule is CC(C)(C)c1cccc(C(C)(C)CNC(=O)[C@H]2[C@H]3CC(F)(F)CN3[C@]3(C(=O)Nc4c(Cl)cc(Cl)cc43)[C@H]2C(=O)O)c1. The maximum Gasteiger partial charge on any atom is 0.310 e. The Hall–Kier alpha value is -2.75. The van der Waals surface area contributed by atoms with Gasteiger partial charge in [0.2, 0.25) is 5.91 Å². The minimum atomic E-state index is -3.24. The van der Waals surface area contributed by atoms with Gasteiger partial charge in [-0.3, -0.25) is 19.3 Å². The molecular formula is C30H33Cl2F2N3O4. The first-order valence-corrected chi connectivity index (χ1v) is 14.2. The molecular weight excluding hydrogens is 575 g/mol. The van der Waals surface area contributed by atoms with E-state index in [1.807, 2.05) is 32.0 Å². The zero-order valence-corrected chi connectivity index (χ0v) is 25.0. The second kappa shape index (κ2) is 9.64. The largest absolute Gasteiger partial charge is 0.481 e. The molecule has 11 heteroatoms. The van der Waals surface area contributed by atoms with Crippen molar-refractivity contribution in [3.05, 3.63) is 63.1 Å². The van der Waals surface area contributed by atoms with Gasteiger partial charge in [0, 0.05) is 35.0 Å². The number of benzene rings is 2. The zero-order chi connectivity index (χ0) is 30.3. The zero-order valence-electron chi connectivity index (χ0n) is 23.4. The monoisotopic (exact) mass is 607 g/mol. The first-order valence-electron chi connectivity index (χ1n) is 13.5. The molecule has 2 aromatic rings. The Morgan fingerprint density at radius 2 is 1.78 bits per heavy atom. The summed E-state index contributed by atoms with van der Waals surface area (Å²) in [4.78, 5) is 41.6. The fraction of sp³-hybridized carbons (Fsp3) is 0.500. The molecule has 0 saturated carbocycles. The maximum absolute atomic E-state index is 15.0. The van der Waals surface area contributed by atoms with Gasteiger partial charge in [-0.25, -0.2) is 8.78 Å². The van der Waals surface area contributed by atoms with E-state index in [0.29, 0.717) is 0 Å². The van der Waals surface area contributed by atoms with Crippen molar-refractivity contribution in [1.82, 2.24) is 10.2 Å². The fourth-order valence-corrected chi connectivity index (χ4v) is 7.27. The number of nitrogens with one attached hydrogen (secondary N) is 2. The summed E-state index contributed by atoms with van der Waals surface area (Å²) >= 11 is 12.6. The number of alkyl halides is 2. The average molecular weight is 609 g/mol. The van der Waals surface area contributed by atoms with Gasteiger partial charge in [-0.15, -0.1) is 0 Å². The Labute approximate surface area is 247 Å². The molecule has 2 saturated heterocycles. The molecule has 4 atom stereocenters. The highest BCUT2D eigenvalue weighted by molar-refractivity contribution is 6.38. The van der Waals surface area contributed by atoms with E-state index in [9.17, 15) is 28.3 Å². The third-order valence-corrected chi connectivity index (χ3v) is 9.34. The Kier molecular flexibility index (Phi) is 6.99. The minimum absolute atomic E-state index is 0.0523. The van der Waals surface area contributed by atoms with E-state index >= 15 is 0 Å². The van der Waals surface area contributed by atoms with Crippen molar-refractivity contribution in [3.8, 4) is 0 Å². The number of amides is 2. The third kappa shape index (κ3) is 4.70. The predicted molar refractivity (Wildman–Crippen MR) is 153 cm³/mol. The van der Waals surface area contributed by atoms with Crippen molar-refractivity contribution in [2.45, 2.75) is 69.4 Å². The molecule has 3 heterocycles. The molecule has 0 unspecified atom stereocenters. The van der Waals surface area contributed by atoms with Crippen molar-refractivity contribution in [3.63, 3.8) is 0 Å². The molecule has 3 N–H and O–H groups in total. The molecule has 2 aromatic carbocycles. The Bertz CT molecular complexity index is 1460. The lowest BCUT2D eigenvalue weighted by molar-refractivity contribution is -0.154. The maximum atomic E-state index is 15.0. The molecule has 3 aliphatic rings. The Morgan fingerprint density at radius 3 is 2.41 bits per heavy atom. The number of carbonyl (C=O) groups excluding carboxylic acids is 2. The number of anilines is 1. The second-order valence-electron chi connectivity index (χ2n) is 13.1. The number of aliphatic carboxylic acids is 1. The van der Waals surface area contributed by atoms with Crippen molar-refractivity contribution >= 4 is 46.7 Å². The van der Waals surface area contributed by atoms with Crippen LogP contribution in [0.5, 0.6) is 0 Å². The summed E-state index contributed by atoms with van der Waals surface area (Å²) in [6.07, 6.45) is -0.759. The van der Waals surface area contributed by atoms with Crippen LogP contribution in [-0.4, -0.2) is 52.8 Å². The van der Waals surface area contributed by atoms with E-state index in [4.69, 9.17) is 23.2 Å². The highest BCUT2D eigenvalue weighted by Gasteiger charge is 2.74. The first-order chi connectivity index (χ1) is 18.9. The molecule has 2 fully saturated rings. The number of carbonyl (C=O) groups is 3. The van der Waals surface area contributed by atoms with E-state index in [2.05, 4.69) is 37.5 Å². The van der Waals surface area contributed by atoms with Gasteiger partial charge in [-0.2, -0.15) is 0 Å². The highest BCUT2D eigenvalue weighted by Crippen LogP contribution is 2.60. The number of carboxylic acid groups (broad SMARTS) is 1. The number of fused-ring (bicyclic) bond motifs is 4. The van der Waals surface area contributed by atoms with Crippen LogP contribution in [0.2, 0.25) is 10.0 Å². The van der Waals surface area contributed by atoms with E-state index in [1.54, 1.807) is 0 Å². The normalized spacial score (nSPS) is 27.0. The molecule has 220 valence electrons. The van der Waals surface area contributed by atoms with Crippen LogP contribution in [0.4, 0.5) is 14.5 Å². The standard InChI is InChI=1S/C30H33Cl2F2N3O4/c1-27(2,3)15-7-6-8-16(9-15)28(4,5)13-35-24(38)21-20-12-29(33,34)14-37(20)30(22(21)25(39)40)18-10-17(31)11-19(32)23(18)36-26(30)41/h6-11,20-22H,12-14H2,1-5H3,(H,35,38)(H,36,41)(H,39,40)/t20-,21+,22-,30+/m1/s1. The summed E-state index contributed by atoms with van der Waals surface area (Å²) in [6.45, 7) is 9.43. The molecule has 0 radical (unpaired) electrons. The van der Waals surface area contributed by atoms with E-state index in [1.165, 1.54) is 17.0 Å². The van der Waals surface area contributed by atoms with Gasteiger partial charge < -0.3 is 15.7 Å². The predicted octanol–water partition coefficient (Wildman–Crippen LogP) is 5.57. The van der Waals surface area contributed by atoms with Crippen LogP contribution >= 0.6 is 23.2 Å². The molecule has 0 aliphatic carbocycles. The second-order valence-corrected chi connectivity index (χ2v) is 13.9. The molecule has 3 aliphatic heterocycles. The molecule has 2 amide bonds. The number of carboxylic acids is 1. The van der Waals surface area contributed by atoms with E-state index in [0.717, 1.165) is 11.1 Å². The average Bonchev–Trinajstić information content (AvgIpc) is 3.43. The number of nitrogens with zero attached hydrogens (tertiary/aromatic N) is 1. The van der Waals surface area contributed by atoms with Crippen LogP contribution in [0, 0.1) is 11.8 Å². The van der Waals surface area contributed by atoms with Gasteiger partial charge in [0.1, 0.15) is 11.5 Å². The summed E-state index contributed by atoms with van der Waals surface area (Å²) in [7, 11) is 0. The van der Waals surface area contributed by atoms with Crippen LogP contribution in [0.1, 0.15) is 57.7 Å². The quantitative estimate of drug-likeness (QED) is 0.412. The number of hydrogen-bond acceptors (Lipinski definition) is 4.